The number of nitrogens with zero attached hydrogens (tertiary/aromatic N) is 1. The molecule has 1 aliphatic rings. The quantitative estimate of drug-likeness (QED) is 0.670. The summed E-state index contributed by atoms with van der Waals surface area (Å²) in [4.78, 5) is 15.5. The molecule has 0 aliphatic carbocycles. The Morgan fingerprint density at radius 2 is 1.83 bits per heavy atom. The number of thiophene rings is 1. The summed E-state index contributed by atoms with van der Waals surface area (Å²) in [5, 5.41) is 1.75. The van der Waals surface area contributed by atoms with Gasteiger partial charge in [-0.2, -0.15) is 0 Å². The maximum Gasteiger partial charge on any atom is 0.250 e. The minimum absolute atomic E-state index is 0.106. The molecule has 0 saturated carbocycles. The van der Waals surface area contributed by atoms with Gasteiger partial charge in [0.05, 0.1) is 5.75 Å². The largest absolute Gasteiger partial charge is 0.342 e. The molecule has 0 bridgehead atoms. The monoisotopic (exact) mass is 452 g/mol. The van der Waals surface area contributed by atoms with E-state index in [9.17, 15) is 13.2 Å². The van der Waals surface area contributed by atoms with Gasteiger partial charge in [-0.15, -0.1) is 23.1 Å². The van der Waals surface area contributed by atoms with Crippen LogP contribution in [0, 0.1) is 0 Å². The van der Waals surface area contributed by atoms with Crippen LogP contribution in [-0.2, 0) is 20.2 Å². The van der Waals surface area contributed by atoms with Gasteiger partial charge in [-0.25, -0.2) is 13.1 Å². The zero-order chi connectivity index (χ0) is 21.1. The Bertz CT molecular complexity index is 909. The second kappa shape index (κ2) is 9.20. The highest BCUT2D eigenvalue weighted by Gasteiger charge is 2.27. The van der Waals surface area contributed by atoms with Gasteiger partial charge in [0.1, 0.15) is 4.21 Å². The average molecular weight is 453 g/mol. The predicted octanol–water partition coefficient (Wildman–Crippen LogP) is 4.11. The maximum atomic E-state index is 12.5. The molecular weight excluding hydrogens is 424 g/mol. The van der Waals surface area contributed by atoms with Gasteiger partial charge in [-0.05, 0) is 47.4 Å². The Balaban J connectivity index is 1.45. The van der Waals surface area contributed by atoms with Crippen LogP contribution in [0.15, 0.2) is 50.9 Å². The fraction of sp³-hybridized carbons (Fsp3) is 0.476. The van der Waals surface area contributed by atoms with Crippen molar-refractivity contribution in [3.05, 3.63) is 47.3 Å². The first-order valence-electron chi connectivity index (χ1n) is 9.72. The summed E-state index contributed by atoms with van der Waals surface area (Å²) in [6.45, 7) is 7.72. The Morgan fingerprint density at radius 3 is 2.38 bits per heavy atom. The van der Waals surface area contributed by atoms with Crippen LogP contribution in [0.5, 0.6) is 0 Å². The van der Waals surface area contributed by atoms with E-state index in [1.807, 2.05) is 4.90 Å². The molecule has 0 radical (unpaired) electrons. The lowest BCUT2D eigenvalue weighted by Crippen LogP contribution is -2.46. The number of nitrogens with one attached hydrogen (secondary N) is 1. The first-order chi connectivity index (χ1) is 13.6. The van der Waals surface area contributed by atoms with E-state index in [-0.39, 0.29) is 17.4 Å². The Kier molecular flexibility index (Phi) is 7.09. The second-order valence-corrected chi connectivity index (χ2v) is 12.2. The van der Waals surface area contributed by atoms with E-state index in [1.165, 1.54) is 16.9 Å². The van der Waals surface area contributed by atoms with Gasteiger partial charge < -0.3 is 4.90 Å². The lowest BCUT2D eigenvalue weighted by Gasteiger charge is -2.32. The highest BCUT2D eigenvalue weighted by Crippen LogP contribution is 2.26. The third-order valence-electron chi connectivity index (χ3n) is 5.01. The number of thioether (sulfide) groups is 1. The Morgan fingerprint density at radius 1 is 1.17 bits per heavy atom. The number of likely N-dealkylation sites (tertiary alicyclic amines) is 1. The first-order valence-corrected chi connectivity index (χ1v) is 13.1. The zero-order valence-corrected chi connectivity index (χ0v) is 19.5. The molecule has 158 valence electrons. The molecule has 2 heterocycles. The molecule has 1 saturated heterocycles. The van der Waals surface area contributed by atoms with Gasteiger partial charge in [0.2, 0.25) is 15.9 Å². The van der Waals surface area contributed by atoms with Gasteiger partial charge in [0, 0.05) is 24.0 Å². The summed E-state index contributed by atoms with van der Waals surface area (Å²) in [6.07, 6.45) is 1.28. The van der Waals surface area contributed by atoms with Crippen LogP contribution in [0.1, 0.15) is 39.2 Å². The molecule has 5 nitrogen and oxygen atoms in total. The minimum Gasteiger partial charge on any atom is -0.342 e. The molecule has 3 rings (SSSR count). The lowest BCUT2D eigenvalue weighted by atomic mass is 9.87. The van der Waals surface area contributed by atoms with Crippen molar-refractivity contribution in [3.63, 3.8) is 0 Å². The molecule has 8 heteroatoms. The molecule has 2 aromatic rings. The normalized spacial score (nSPS) is 16.2. The van der Waals surface area contributed by atoms with Gasteiger partial charge in [-0.3, -0.25) is 4.79 Å². The molecule has 1 aromatic carbocycles. The van der Waals surface area contributed by atoms with Gasteiger partial charge in [-0.1, -0.05) is 39.0 Å². The molecule has 0 unspecified atom stereocenters. The smallest absolute Gasteiger partial charge is 0.250 e. The van der Waals surface area contributed by atoms with Crippen molar-refractivity contribution in [1.82, 2.24) is 9.62 Å². The van der Waals surface area contributed by atoms with Crippen LogP contribution < -0.4 is 4.72 Å². The highest BCUT2D eigenvalue weighted by molar-refractivity contribution is 8.00. The topological polar surface area (TPSA) is 66.5 Å². The summed E-state index contributed by atoms with van der Waals surface area (Å²) in [6, 6.07) is 11.6. The average Bonchev–Trinajstić information content (AvgIpc) is 3.22. The van der Waals surface area contributed by atoms with Crippen molar-refractivity contribution in [3.8, 4) is 0 Å². The number of piperidine rings is 1. The molecule has 1 aromatic heterocycles. The van der Waals surface area contributed by atoms with Crippen LogP contribution in [0.25, 0.3) is 0 Å². The molecule has 0 atom stereocenters. The molecule has 29 heavy (non-hydrogen) atoms. The number of amides is 1. The van der Waals surface area contributed by atoms with Crippen LogP contribution >= 0.6 is 23.1 Å². The number of carbonyl (C=O) groups is 1. The summed E-state index contributed by atoms with van der Waals surface area (Å²) >= 11 is 2.76. The molecule has 1 amide bonds. The third-order valence-corrected chi connectivity index (χ3v) is 8.93. The fourth-order valence-corrected chi connectivity index (χ4v) is 6.34. The third kappa shape index (κ3) is 6.07. The number of rotatable bonds is 6. The van der Waals surface area contributed by atoms with Gasteiger partial charge >= 0.3 is 0 Å². The summed E-state index contributed by atoms with van der Waals surface area (Å²) in [5.41, 5.74) is 1.40. The van der Waals surface area contributed by atoms with E-state index >= 15 is 0 Å². The molecular formula is C21H28N2O3S3. The van der Waals surface area contributed by atoms with Crippen LogP contribution in [-0.4, -0.2) is 44.1 Å². The van der Waals surface area contributed by atoms with E-state index < -0.39 is 10.0 Å². The van der Waals surface area contributed by atoms with Crippen LogP contribution in [0.2, 0.25) is 0 Å². The zero-order valence-electron chi connectivity index (χ0n) is 17.1. The van der Waals surface area contributed by atoms with E-state index in [0.29, 0.717) is 35.9 Å². The van der Waals surface area contributed by atoms with Gasteiger partial charge in [0.15, 0.2) is 0 Å². The van der Waals surface area contributed by atoms with Crippen LogP contribution in [0.4, 0.5) is 0 Å². The number of hydrogen-bond donors (Lipinski definition) is 1. The number of carbonyl (C=O) groups excluding carboxylic acids is 1. The summed E-state index contributed by atoms with van der Waals surface area (Å²) in [5.74, 6) is 0.509. The van der Waals surface area contributed by atoms with Crippen LogP contribution in [0.3, 0.4) is 0 Å². The summed E-state index contributed by atoms with van der Waals surface area (Å²) < 4.78 is 27.8. The molecule has 1 fully saturated rings. The van der Waals surface area contributed by atoms with Crippen molar-refractivity contribution in [2.75, 3.05) is 18.8 Å². The second-order valence-electron chi connectivity index (χ2n) is 8.27. The minimum atomic E-state index is -3.45. The standard InChI is InChI=1S/C21H28N2O3S3/c1-21(2,3)16-6-8-18(9-7-16)28-15-19(24)23-12-10-17(11-13-23)22-29(25,26)20-5-4-14-27-20/h4-9,14,17,22H,10-13,15H2,1-3H3. The predicted molar refractivity (Wildman–Crippen MR) is 120 cm³/mol. The molecule has 1 aliphatic heterocycles. The van der Waals surface area contributed by atoms with Crippen molar-refractivity contribution < 1.29 is 13.2 Å². The number of sulfonamides is 1. The van der Waals surface area contributed by atoms with Gasteiger partial charge in [0.25, 0.3) is 0 Å². The van der Waals surface area contributed by atoms with Crippen molar-refractivity contribution in [1.29, 1.82) is 0 Å². The number of benzene rings is 1. The summed E-state index contributed by atoms with van der Waals surface area (Å²) in [7, 11) is -3.45. The first kappa shape index (κ1) is 22.3. The maximum absolute atomic E-state index is 12.5. The SMILES string of the molecule is CC(C)(C)c1ccc(SCC(=O)N2CCC(NS(=O)(=O)c3cccs3)CC2)cc1. The fourth-order valence-electron chi connectivity index (χ4n) is 3.23. The van der Waals surface area contributed by atoms with Crippen molar-refractivity contribution >= 4 is 39.0 Å². The highest BCUT2D eigenvalue weighted by atomic mass is 32.2. The van der Waals surface area contributed by atoms with E-state index in [4.69, 9.17) is 0 Å². The van der Waals surface area contributed by atoms with E-state index in [0.717, 1.165) is 4.90 Å². The molecule has 1 N–H and O–H groups in total. The Labute approximate surface area is 181 Å². The van der Waals surface area contributed by atoms with E-state index in [2.05, 4.69) is 49.8 Å². The van der Waals surface area contributed by atoms with Crippen molar-refractivity contribution in [2.24, 2.45) is 0 Å². The number of hydrogen-bond acceptors (Lipinski definition) is 5. The van der Waals surface area contributed by atoms with E-state index in [1.54, 1.807) is 29.3 Å². The molecule has 0 spiro atoms. The Hall–Kier alpha value is -1.35. The lowest BCUT2D eigenvalue weighted by molar-refractivity contribution is -0.129. The van der Waals surface area contributed by atoms with Crippen molar-refractivity contribution in [2.45, 2.75) is 54.2 Å².